The molecule has 0 aliphatic heterocycles. The lowest BCUT2D eigenvalue weighted by atomic mass is 9.97. The number of benzene rings is 2. The molecule has 0 N–H and O–H groups in total. The molecule has 0 radical (unpaired) electrons. The molecule has 0 unspecified atom stereocenters. The van der Waals surface area contributed by atoms with Gasteiger partial charge < -0.3 is 4.42 Å². The first-order chi connectivity index (χ1) is 11.8. The van der Waals surface area contributed by atoms with Crippen LogP contribution < -0.4 is 4.57 Å². The van der Waals surface area contributed by atoms with Gasteiger partial charge in [-0.25, -0.2) is 14.1 Å². The summed E-state index contributed by atoms with van der Waals surface area (Å²) in [4.78, 5) is 4.74. The maximum absolute atomic E-state index is 6.00. The molecule has 2 aromatic heterocycles. The van der Waals surface area contributed by atoms with E-state index in [0.29, 0.717) is 0 Å². The summed E-state index contributed by atoms with van der Waals surface area (Å²) in [7, 11) is 4.23. The van der Waals surface area contributed by atoms with E-state index in [1.807, 2.05) is 0 Å². The molecule has 4 heteroatoms. The molecular weight excluding hydrogens is 310 g/mol. The molecular formula is C21H24N3O+. The Kier molecular flexibility index (Phi) is 3.29. The van der Waals surface area contributed by atoms with E-state index in [2.05, 4.69) is 87.3 Å². The van der Waals surface area contributed by atoms with Crippen LogP contribution in [0.1, 0.15) is 32.2 Å². The molecule has 4 nitrogen and oxygen atoms in total. The second kappa shape index (κ2) is 5.19. The SMILES string of the molecule is Cc1cc2oc(C(C)(C)C)nc2cc1-c1n(C)c2ccccc2[n+]1C. The third kappa shape index (κ3) is 2.36. The van der Waals surface area contributed by atoms with Crippen molar-refractivity contribution in [2.75, 3.05) is 0 Å². The lowest BCUT2D eigenvalue weighted by Gasteiger charge is -2.11. The number of fused-ring (bicyclic) bond motifs is 2. The minimum Gasteiger partial charge on any atom is -0.440 e. The van der Waals surface area contributed by atoms with Gasteiger partial charge in [0, 0.05) is 5.41 Å². The zero-order valence-electron chi connectivity index (χ0n) is 15.7. The average molecular weight is 334 g/mol. The van der Waals surface area contributed by atoms with E-state index in [9.17, 15) is 0 Å². The molecule has 0 bridgehead atoms. The zero-order chi connectivity index (χ0) is 17.9. The fourth-order valence-corrected chi connectivity index (χ4v) is 3.48. The first kappa shape index (κ1) is 15.9. The minimum absolute atomic E-state index is 0.0998. The molecule has 0 fully saturated rings. The third-order valence-corrected chi connectivity index (χ3v) is 4.86. The van der Waals surface area contributed by atoms with Crippen LogP contribution in [0, 0.1) is 6.92 Å². The molecule has 2 heterocycles. The van der Waals surface area contributed by atoms with Gasteiger partial charge in [-0.15, -0.1) is 0 Å². The predicted octanol–water partition coefficient (Wildman–Crippen LogP) is 4.42. The third-order valence-electron chi connectivity index (χ3n) is 4.86. The van der Waals surface area contributed by atoms with E-state index < -0.39 is 0 Å². The Bertz CT molecular complexity index is 1070. The van der Waals surface area contributed by atoms with Gasteiger partial charge in [0.25, 0.3) is 5.82 Å². The molecule has 0 aliphatic rings. The highest BCUT2D eigenvalue weighted by atomic mass is 16.3. The second-order valence-corrected chi connectivity index (χ2v) is 7.83. The van der Waals surface area contributed by atoms with Crippen LogP contribution in [0.5, 0.6) is 0 Å². The van der Waals surface area contributed by atoms with E-state index in [1.54, 1.807) is 0 Å². The fourth-order valence-electron chi connectivity index (χ4n) is 3.48. The van der Waals surface area contributed by atoms with Crippen LogP contribution in [0.3, 0.4) is 0 Å². The fraction of sp³-hybridized carbons (Fsp3) is 0.333. The van der Waals surface area contributed by atoms with Gasteiger partial charge in [0.05, 0.1) is 19.7 Å². The van der Waals surface area contributed by atoms with Gasteiger partial charge in [-0.2, -0.15) is 0 Å². The van der Waals surface area contributed by atoms with Gasteiger partial charge in [0.15, 0.2) is 16.6 Å². The van der Waals surface area contributed by atoms with Crippen LogP contribution in [-0.4, -0.2) is 9.55 Å². The summed E-state index contributed by atoms with van der Waals surface area (Å²) in [6.07, 6.45) is 0. The first-order valence-corrected chi connectivity index (χ1v) is 8.63. The Labute approximate surface area is 147 Å². The van der Waals surface area contributed by atoms with Gasteiger partial charge in [-0.3, -0.25) is 0 Å². The predicted molar refractivity (Wildman–Crippen MR) is 101 cm³/mol. The van der Waals surface area contributed by atoms with Crippen molar-refractivity contribution >= 4 is 22.1 Å². The summed E-state index contributed by atoms with van der Waals surface area (Å²) in [5.74, 6) is 1.95. The molecule has 0 atom stereocenters. The maximum Gasteiger partial charge on any atom is 0.289 e. The Morgan fingerprint density at radius 1 is 1.12 bits per heavy atom. The number of aryl methyl sites for hydroxylation is 3. The quantitative estimate of drug-likeness (QED) is 0.483. The van der Waals surface area contributed by atoms with Crippen LogP contribution >= 0.6 is 0 Å². The topological polar surface area (TPSA) is 34.8 Å². The number of hydrogen-bond acceptors (Lipinski definition) is 2. The lowest BCUT2D eigenvalue weighted by Crippen LogP contribution is -2.30. The molecule has 25 heavy (non-hydrogen) atoms. The van der Waals surface area contributed by atoms with Gasteiger partial charge in [0.2, 0.25) is 5.89 Å². The van der Waals surface area contributed by atoms with E-state index in [-0.39, 0.29) is 5.41 Å². The number of oxazole rings is 1. The molecule has 4 rings (SSSR count). The molecule has 0 aliphatic carbocycles. The molecule has 0 saturated heterocycles. The van der Waals surface area contributed by atoms with Crippen molar-refractivity contribution in [2.45, 2.75) is 33.1 Å². The van der Waals surface area contributed by atoms with Crippen molar-refractivity contribution in [2.24, 2.45) is 14.1 Å². The van der Waals surface area contributed by atoms with E-state index in [4.69, 9.17) is 9.40 Å². The van der Waals surface area contributed by atoms with Crippen molar-refractivity contribution < 1.29 is 8.98 Å². The van der Waals surface area contributed by atoms with Crippen LogP contribution in [0.2, 0.25) is 0 Å². The van der Waals surface area contributed by atoms with Crippen LogP contribution in [0.15, 0.2) is 40.8 Å². The molecule has 0 amide bonds. The van der Waals surface area contributed by atoms with Crippen molar-refractivity contribution in [1.29, 1.82) is 0 Å². The van der Waals surface area contributed by atoms with Crippen LogP contribution in [0.25, 0.3) is 33.5 Å². The van der Waals surface area contributed by atoms with Crippen molar-refractivity contribution in [3.8, 4) is 11.4 Å². The summed E-state index contributed by atoms with van der Waals surface area (Å²) in [6.45, 7) is 8.49. The number of aromatic nitrogens is 3. The largest absolute Gasteiger partial charge is 0.440 e. The summed E-state index contributed by atoms with van der Waals surface area (Å²) >= 11 is 0. The number of imidazole rings is 1. The molecule has 2 aromatic carbocycles. The maximum atomic E-state index is 6.00. The van der Waals surface area contributed by atoms with Gasteiger partial charge in [-0.1, -0.05) is 32.9 Å². The Balaban J connectivity index is 2.00. The summed E-state index contributed by atoms with van der Waals surface area (Å²) in [5, 5.41) is 0. The van der Waals surface area contributed by atoms with Crippen LogP contribution in [-0.2, 0) is 19.5 Å². The molecule has 0 spiro atoms. The normalized spacial score (nSPS) is 12.4. The van der Waals surface area contributed by atoms with Crippen molar-refractivity contribution in [3.63, 3.8) is 0 Å². The summed E-state index contributed by atoms with van der Waals surface area (Å²) in [5.41, 5.74) is 6.47. The minimum atomic E-state index is -0.0998. The first-order valence-electron chi connectivity index (χ1n) is 8.63. The Morgan fingerprint density at radius 3 is 2.52 bits per heavy atom. The van der Waals surface area contributed by atoms with Crippen molar-refractivity contribution in [1.82, 2.24) is 9.55 Å². The van der Waals surface area contributed by atoms with Gasteiger partial charge in [0.1, 0.15) is 5.52 Å². The molecule has 0 saturated carbocycles. The number of para-hydroxylation sites is 2. The number of hydrogen-bond donors (Lipinski definition) is 0. The average Bonchev–Trinajstić information content (AvgIpc) is 3.07. The van der Waals surface area contributed by atoms with Crippen LogP contribution in [0.4, 0.5) is 0 Å². The van der Waals surface area contributed by atoms with Crippen molar-refractivity contribution in [3.05, 3.63) is 47.9 Å². The smallest absolute Gasteiger partial charge is 0.289 e. The Morgan fingerprint density at radius 2 is 1.84 bits per heavy atom. The molecule has 128 valence electrons. The van der Waals surface area contributed by atoms with E-state index in [1.165, 1.54) is 28.0 Å². The molecule has 4 aromatic rings. The highest BCUT2D eigenvalue weighted by Gasteiger charge is 2.25. The monoisotopic (exact) mass is 334 g/mol. The van der Waals surface area contributed by atoms with Gasteiger partial charge >= 0.3 is 0 Å². The Hall–Kier alpha value is -2.62. The second-order valence-electron chi connectivity index (χ2n) is 7.83. The van der Waals surface area contributed by atoms with E-state index >= 15 is 0 Å². The standard InChI is InChI=1S/C21H24N3O/c1-13-11-18-15(22-20(25-18)21(2,3)4)12-14(13)19-23(5)16-9-7-8-10-17(16)24(19)6/h7-12H,1-6H3/q+1. The number of nitrogens with zero attached hydrogens (tertiary/aromatic N) is 3. The van der Waals surface area contributed by atoms with Gasteiger partial charge in [-0.05, 0) is 36.8 Å². The van der Waals surface area contributed by atoms with E-state index in [0.717, 1.165) is 17.0 Å². The highest BCUT2D eigenvalue weighted by Crippen LogP contribution is 2.31. The highest BCUT2D eigenvalue weighted by molar-refractivity contribution is 5.83. The summed E-state index contributed by atoms with van der Waals surface area (Å²) < 4.78 is 10.5. The zero-order valence-corrected chi connectivity index (χ0v) is 15.7. The summed E-state index contributed by atoms with van der Waals surface area (Å²) in [6, 6.07) is 12.7. The number of rotatable bonds is 1. The lowest BCUT2D eigenvalue weighted by molar-refractivity contribution is -0.634.